The van der Waals surface area contributed by atoms with Gasteiger partial charge in [0.15, 0.2) is 0 Å². The second-order valence-corrected chi connectivity index (χ2v) is 4.82. The first-order valence-corrected chi connectivity index (χ1v) is 5.99. The van der Waals surface area contributed by atoms with Gasteiger partial charge in [0.25, 0.3) is 0 Å². The van der Waals surface area contributed by atoms with E-state index in [-0.39, 0.29) is 12.8 Å². The molecule has 0 bridgehead atoms. The minimum absolute atomic E-state index is 0.00597. The van der Waals surface area contributed by atoms with E-state index < -0.39 is 28.5 Å². The molecule has 1 saturated carbocycles. The minimum Gasteiger partial charge on any atom is -0.481 e. The topological polar surface area (TPSA) is 101 Å². The third kappa shape index (κ3) is 3.15. The van der Waals surface area contributed by atoms with Crippen LogP contribution in [0.2, 0.25) is 0 Å². The average Bonchev–Trinajstić information content (AvgIpc) is 2.25. The van der Waals surface area contributed by atoms with Crippen LogP contribution in [0.15, 0.2) is 0 Å². The van der Waals surface area contributed by atoms with E-state index in [2.05, 4.69) is 0 Å². The SMILES string of the molecule is CCC[C@@H]([N+](=O)[O-])[C@@]1(O)CCC[C@@H](C(=O)O)C1. The van der Waals surface area contributed by atoms with Crippen LogP contribution in [-0.4, -0.2) is 32.7 Å². The standard InChI is InChI=1S/C11H19NO5/c1-2-4-9(12(16)17)11(15)6-3-5-8(7-11)10(13)14/h8-9,15H,2-7H2,1H3,(H,13,14)/t8-,9-,11-/m1/s1. The molecule has 6 nitrogen and oxygen atoms in total. The van der Waals surface area contributed by atoms with Gasteiger partial charge in [0.05, 0.1) is 5.92 Å². The lowest BCUT2D eigenvalue weighted by atomic mass is 9.73. The Morgan fingerprint density at radius 1 is 1.65 bits per heavy atom. The van der Waals surface area contributed by atoms with Crippen molar-refractivity contribution in [2.45, 2.75) is 57.1 Å². The van der Waals surface area contributed by atoms with Crippen molar-refractivity contribution in [1.29, 1.82) is 0 Å². The molecule has 1 aliphatic rings. The number of aliphatic carboxylic acids is 1. The van der Waals surface area contributed by atoms with Gasteiger partial charge in [-0.3, -0.25) is 14.9 Å². The van der Waals surface area contributed by atoms with E-state index in [0.717, 1.165) is 0 Å². The highest BCUT2D eigenvalue weighted by molar-refractivity contribution is 5.70. The van der Waals surface area contributed by atoms with Crippen molar-refractivity contribution in [3.8, 4) is 0 Å². The lowest BCUT2D eigenvalue weighted by molar-refractivity contribution is -0.548. The van der Waals surface area contributed by atoms with Crippen molar-refractivity contribution in [2.75, 3.05) is 0 Å². The second-order valence-electron chi connectivity index (χ2n) is 4.82. The number of carboxylic acid groups (broad SMARTS) is 1. The summed E-state index contributed by atoms with van der Waals surface area (Å²) in [4.78, 5) is 21.4. The molecule has 0 unspecified atom stereocenters. The Labute approximate surface area is 99.8 Å². The van der Waals surface area contributed by atoms with Gasteiger partial charge in [-0.1, -0.05) is 6.92 Å². The molecule has 98 valence electrons. The summed E-state index contributed by atoms with van der Waals surface area (Å²) < 4.78 is 0. The summed E-state index contributed by atoms with van der Waals surface area (Å²) in [5, 5.41) is 30.3. The van der Waals surface area contributed by atoms with Crippen molar-refractivity contribution in [2.24, 2.45) is 5.92 Å². The summed E-state index contributed by atoms with van der Waals surface area (Å²) >= 11 is 0. The third-order valence-corrected chi connectivity index (χ3v) is 3.55. The van der Waals surface area contributed by atoms with Crippen LogP contribution in [0.3, 0.4) is 0 Å². The molecule has 0 aromatic carbocycles. The number of hydrogen-bond acceptors (Lipinski definition) is 4. The van der Waals surface area contributed by atoms with Crippen LogP contribution >= 0.6 is 0 Å². The molecule has 0 saturated heterocycles. The zero-order chi connectivity index (χ0) is 13.1. The maximum Gasteiger partial charge on any atom is 0.306 e. The van der Waals surface area contributed by atoms with Crippen molar-refractivity contribution >= 4 is 5.97 Å². The van der Waals surface area contributed by atoms with Gasteiger partial charge in [0.2, 0.25) is 6.04 Å². The molecule has 1 fully saturated rings. The van der Waals surface area contributed by atoms with Gasteiger partial charge in [-0.05, 0) is 32.1 Å². The summed E-state index contributed by atoms with van der Waals surface area (Å²) in [5.41, 5.74) is -1.46. The molecule has 6 heteroatoms. The fourth-order valence-corrected chi connectivity index (χ4v) is 2.64. The normalized spacial score (nSPS) is 30.8. The predicted molar refractivity (Wildman–Crippen MR) is 60.2 cm³/mol. The Balaban J connectivity index is 2.83. The Kier molecular flexibility index (Phi) is 4.45. The number of nitrogens with zero attached hydrogens (tertiary/aromatic N) is 1. The fraction of sp³-hybridized carbons (Fsp3) is 0.909. The number of rotatable bonds is 5. The van der Waals surface area contributed by atoms with Crippen molar-refractivity contribution in [1.82, 2.24) is 0 Å². The van der Waals surface area contributed by atoms with Gasteiger partial charge in [-0.15, -0.1) is 0 Å². The monoisotopic (exact) mass is 245 g/mol. The largest absolute Gasteiger partial charge is 0.481 e. The van der Waals surface area contributed by atoms with E-state index in [9.17, 15) is 20.0 Å². The quantitative estimate of drug-likeness (QED) is 0.563. The van der Waals surface area contributed by atoms with Gasteiger partial charge >= 0.3 is 5.97 Å². The van der Waals surface area contributed by atoms with Crippen LogP contribution in [0.1, 0.15) is 45.4 Å². The Hall–Kier alpha value is -1.17. The van der Waals surface area contributed by atoms with Crippen molar-refractivity contribution in [3.05, 3.63) is 10.1 Å². The predicted octanol–water partition coefficient (Wildman–Crippen LogP) is 1.44. The zero-order valence-corrected chi connectivity index (χ0v) is 9.96. The number of carboxylic acids is 1. The molecule has 0 aliphatic heterocycles. The highest BCUT2D eigenvalue weighted by Crippen LogP contribution is 2.37. The van der Waals surface area contributed by atoms with E-state index >= 15 is 0 Å². The summed E-state index contributed by atoms with van der Waals surface area (Å²) in [7, 11) is 0. The van der Waals surface area contributed by atoms with Gasteiger partial charge in [-0.25, -0.2) is 0 Å². The summed E-state index contributed by atoms with van der Waals surface area (Å²) in [5.74, 6) is -1.63. The molecule has 1 rings (SSSR count). The summed E-state index contributed by atoms with van der Waals surface area (Å²) in [6.45, 7) is 1.82. The summed E-state index contributed by atoms with van der Waals surface area (Å²) in [6.07, 6.45) is 2.23. The van der Waals surface area contributed by atoms with E-state index in [1.165, 1.54) is 0 Å². The van der Waals surface area contributed by atoms with Gasteiger partial charge in [0.1, 0.15) is 5.60 Å². The smallest absolute Gasteiger partial charge is 0.306 e. The van der Waals surface area contributed by atoms with Gasteiger partial charge in [0, 0.05) is 11.3 Å². The molecule has 2 N–H and O–H groups in total. The number of hydrogen-bond donors (Lipinski definition) is 2. The second kappa shape index (κ2) is 5.44. The van der Waals surface area contributed by atoms with Crippen LogP contribution < -0.4 is 0 Å². The molecule has 0 aromatic rings. The first-order valence-electron chi connectivity index (χ1n) is 5.99. The Bertz CT molecular complexity index is 306. The van der Waals surface area contributed by atoms with Crippen LogP contribution in [0, 0.1) is 16.0 Å². The van der Waals surface area contributed by atoms with Crippen molar-refractivity contribution in [3.63, 3.8) is 0 Å². The maximum absolute atomic E-state index is 11.0. The third-order valence-electron chi connectivity index (χ3n) is 3.55. The molecule has 0 radical (unpaired) electrons. The lowest BCUT2D eigenvalue weighted by Crippen LogP contribution is -2.50. The highest BCUT2D eigenvalue weighted by Gasteiger charge is 2.48. The maximum atomic E-state index is 11.0. The Morgan fingerprint density at radius 2 is 2.29 bits per heavy atom. The minimum atomic E-state index is -1.46. The molecule has 0 heterocycles. The molecule has 1 aliphatic carbocycles. The Morgan fingerprint density at radius 3 is 2.76 bits per heavy atom. The molecule has 0 spiro atoms. The molecule has 0 aromatic heterocycles. The zero-order valence-electron chi connectivity index (χ0n) is 9.96. The molecular formula is C11H19NO5. The van der Waals surface area contributed by atoms with Crippen LogP contribution in [0.4, 0.5) is 0 Å². The van der Waals surface area contributed by atoms with E-state index in [1.54, 1.807) is 0 Å². The van der Waals surface area contributed by atoms with Gasteiger partial charge < -0.3 is 10.2 Å². The van der Waals surface area contributed by atoms with E-state index in [0.29, 0.717) is 25.7 Å². The molecular weight excluding hydrogens is 226 g/mol. The molecule has 3 atom stereocenters. The van der Waals surface area contributed by atoms with E-state index in [1.807, 2.05) is 6.92 Å². The number of nitro groups is 1. The first-order chi connectivity index (χ1) is 7.90. The van der Waals surface area contributed by atoms with Crippen LogP contribution in [-0.2, 0) is 4.79 Å². The number of aliphatic hydroxyl groups is 1. The summed E-state index contributed by atoms with van der Waals surface area (Å²) in [6, 6.07) is -1.05. The fourth-order valence-electron chi connectivity index (χ4n) is 2.64. The van der Waals surface area contributed by atoms with Crippen LogP contribution in [0.25, 0.3) is 0 Å². The lowest BCUT2D eigenvalue weighted by Gasteiger charge is -2.36. The van der Waals surface area contributed by atoms with Crippen LogP contribution in [0.5, 0.6) is 0 Å². The average molecular weight is 245 g/mol. The van der Waals surface area contributed by atoms with E-state index in [4.69, 9.17) is 5.11 Å². The number of carbonyl (C=O) groups is 1. The van der Waals surface area contributed by atoms with Gasteiger partial charge in [-0.2, -0.15) is 0 Å². The molecule has 17 heavy (non-hydrogen) atoms. The molecule has 0 amide bonds. The van der Waals surface area contributed by atoms with Crippen molar-refractivity contribution < 1.29 is 19.9 Å². The highest BCUT2D eigenvalue weighted by atomic mass is 16.6. The first kappa shape index (κ1) is 13.9.